The van der Waals surface area contributed by atoms with E-state index in [-0.39, 0.29) is 5.56 Å². The molecule has 0 atom stereocenters. The molecule has 0 aliphatic rings. The van der Waals surface area contributed by atoms with Crippen molar-refractivity contribution in [2.75, 3.05) is 17.7 Å². The molecule has 0 saturated carbocycles. The van der Waals surface area contributed by atoms with Gasteiger partial charge in [-0.1, -0.05) is 19.1 Å². The summed E-state index contributed by atoms with van der Waals surface area (Å²) in [6, 6.07) is 7.65. The van der Waals surface area contributed by atoms with Crippen molar-refractivity contribution in [2.24, 2.45) is 0 Å². The molecule has 5 heteroatoms. The molecule has 0 unspecified atom stereocenters. The second-order valence-corrected chi connectivity index (χ2v) is 4.85. The third kappa shape index (κ3) is 3.17. The van der Waals surface area contributed by atoms with E-state index in [0.717, 1.165) is 17.7 Å². The lowest BCUT2D eigenvalue weighted by molar-refractivity contribution is 0.644. The Morgan fingerprint density at radius 1 is 1.40 bits per heavy atom. The Kier molecular flexibility index (Phi) is 4.40. The molecule has 0 aliphatic carbocycles. The highest BCUT2D eigenvalue weighted by Gasteiger charge is 2.10. The van der Waals surface area contributed by atoms with Crippen molar-refractivity contribution >= 4 is 11.5 Å². The van der Waals surface area contributed by atoms with Gasteiger partial charge in [0.2, 0.25) is 0 Å². The van der Waals surface area contributed by atoms with Crippen molar-refractivity contribution in [3.8, 4) is 0 Å². The summed E-state index contributed by atoms with van der Waals surface area (Å²) in [6.45, 7) is 3.35. The first kappa shape index (κ1) is 14.1. The Morgan fingerprint density at radius 2 is 2.20 bits per heavy atom. The minimum absolute atomic E-state index is 0.0549. The van der Waals surface area contributed by atoms with Crippen molar-refractivity contribution < 1.29 is 0 Å². The smallest absolute Gasteiger partial charge is 0.293 e. The molecule has 0 fully saturated rings. The molecule has 2 rings (SSSR count). The molecule has 0 aliphatic heterocycles. The minimum atomic E-state index is -0.0549. The summed E-state index contributed by atoms with van der Waals surface area (Å²) in [7, 11) is 1.86. The van der Waals surface area contributed by atoms with Crippen LogP contribution in [0.1, 0.15) is 18.9 Å². The van der Waals surface area contributed by atoms with E-state index in [0.29, 0.717) is 18.9 Å². The number of aromatic nitrogens is 2. The van der Waals surface area contributed by atoms with Crippen LogP contribution in [-0.4, -0.2) is 16.6 Å². The molecule has 0 spiro atoms. The van der Waals surface area contributed by atoms with E-state index in [1.165, 1.54) is 0 Å². The molecule has 1 aromatic heterocycles. The van der Waals surface area contributed by atoms with Gasteiger partial charge >= 0.3 is 0 Å². The number of hydrogen-bond acceptors (Lipinski definition) is 4. The molecule has 2 N–H and O–H groups in total. The summed E-state index contributed by atoms with van der Waals surface area (Å²) in [4.78, 5) is 18.3. The number of nitrogens with zero attached hydrogens (tertiary/aromatic N) is 3. The SMILES string of the molecule is CCCn1ccnc(N(C)Cc2cccc(N)c2)c1=O. The zero-order chi connectivity index (χ0) is 14.5. The van der Waals surface area contributed by atoms with Gasteiger partial charge in [-0.2, -0.15) is 0 Å². The van der Waals surface area contributed by atoms with E-state index < -0.39 is 0 Å². The van der Waals surface area contributed by atoms with Gasteiger partial charge in [-0.3, -0.25) is 4.79 Å². The zero-order valence-electron chi connectivity index (χ0n) is 11.9. The topological polar surface area (TPSA) is 64.2 Å². The first-order valence-corrected chi connectivity index (χ1v) is 6.73. The second kappa shape index (κ2) is 6.23. The molecular formula is C15H20N4O. The number of benzene rings is 1. The maximum Gasteiger partial charge on any atom is 0.293 e. The molecule has 5 nitrogen and oxygen atoms in total. The number of aryl methyl sites for hydroxylation is 1. The van der Waals surface area contributed by atoms with Crippen molar-refractivity contribution in [3.63, 3.8) is 0 Å². The minimum Gasteiger partial charge on any atom is -0.399 e. The fraction of sp³-hybridized carbons (Fsp3) is 0.333. The lowest BCUT2D eigenvalue weighted by atomic mass is 10.2. The quantitative estimate of drug-likeness (QED) is 0.844. The monoisotopic (exact) mass is 272 g/mol. The Hall–Kier alpha value is -2.30. The first-order valence-electron chi connectivity index (χ1n) is 6.73. The Bertz CT molecular complexity index is 636. The van der Waals surface area contributed by atoms with Gasteiger partial charge in [-0.25, -0.2) is 4.98 Å². The van der Waals surface area contributed by atoms with Crippen molar-refractivity contribution in [2.45, 2.75) is 26.4 Å². The van der Waals surface area contributed by atoms with Gasteiger partial charge < -0.3 is 15.2 Å². The molecule has 106 valence electrons. The summed E-state index contributed by atoms with van der Waals surface area (Å²) in [6.07, 6.45) is 4.31. The molecule has 0 bridgehead atoms. The molecule has 0 radical (unpaired) electrons. The van der Waals surface area contributed by atoms with Crippen molar-refractivity contribution in [1.82, 2.24) is 9.55 Å². The van der Waals surface area contributed by atoms with Gasteiger partial charge in [0.15, 0.2) is 5.82 Å². The van der Waals surface area contributed by atoms with Crippen LogP contribution in [0.25, 0.3) is 0 Å². The van der Waals surface area contributed by atoms with Crippen LogP contribution in [0.5, 0.6) is 0 Å². The summed E-state index contributed by atoms with van der Waals surface area (Å²) < 4.78 is 1.69. The van der Waals surface area contributed by atoms with Crippen LogP contribution in [0.4, 0.5) is 11.5 Å². The number of nitrogen functional groups attached to an aromatic ring is 1. The maximum atomic E-state index is 12.3. The highest BCUT2D eigenvalue weighted by molar-refractivity contribution is 5.43. The van der Waals surface area contributed by atoms with Crippen LogP contribution in [0.15, 0.2) is 41.5 Å². The fourth-order valence-electron chi connectivity index (χ4n) is 2.15. The van der Waals surface area contributed by atoms with Crippen LogP contribution in [0, 0.1) is 0 Å². The Balaban J connectivity index is 2.23. The van der Waals surface area contributed by atoms with Gasteiger partial charge in [-0.05, 0) is 24.1 Å². The van der Waals surface area contributed by atoms with Gasteiger partial charge in [0.05, 0.1) is 0 Å². The van der Waals surface area contributed by atoms with Gasteiger partial charge in [0.25, 0.3) is 5.56 Å². The lowest BCUT2D eigenvalue weighted by Gasteiger charge is -2.18. The number of anilines is 2. The Morgan fingerprint density at radius 3 is 2.90 bits per heavy atom. The van der Waals surface area contributed by atoms with Gasteiger partial charge in [0, 0.05) is 38.2 Å². The Labute approximate surface area is 118 Å². The van der Waals surface area contributed by atoms with E-state index in [1.54, 1.807) is 17.0 Å². The predicted molar refractivity (Wildman–Crippen MR) is 81.7 cm³/mol. The molecule has 1 aromatic carbocycles. The molecule has 2 aromatic rings. The van der Waals surface area contributed by atoms with Crippen molar-refractivity contribution in [1.29, 1.82) is 0 Å². The standard InChI is InChI=1S/C15H20N4O/c1-3-8-19-9-7-17-14(15(19)20)18(2)11-12-5-4-6-13(16)10-12/h4-7,9-10H,3,8,11,16H2,1-2H3. The van der Waals surface area contributed by atoms with Crippen LogP contribution >= 0.6 is 0 Å². The summed E-state index contributed by atoms with van der Waals surface area (Å²) in [5.41, 5.74) is 7.49. The average Bonchev–Trinajstić information content (AvgIpc) is 2.41. The van der Waals surface area contributed by atoms with Crippen LogP contribution in [-0.2, 0) is 13.1 Å². The van der Waals surface area contributed by atoms with E-state index in [4.69, 9.17) is 5.73 Å². The highest BCUT2D eigenvalue weighted by Crippen LogP contribution is 2.11. The van der Waals surface area contributed by atoms with Crippen LogP contribution in [0.2, 0.25) is 0 Å². The van der Waals surface area contributed by atoms with E-state index >= 15 is 0 Å². The van der Waals surface area contributed by atoms with Gasteiger partial charge in [-0.15, -0.1) is 0 Å². The fourth-order valence-corrected chi connectivity index (χ4v) is 2.15. The molecule has 1 heterocycles. The average molecular weight is 272 g/mol. The number of nitrogens with two attached hydrogens (primary N) is 1. The second-order valence-electron chi connectivity index (χ2n) is 4.85. The van der Waals surface area contributed by atoms with Crippen molar-refractivity contribution in [3.05, 3.63) is 52.6 Å². The van der Waals surface area contributed by atoms with E-state index in [9.17, 15) is 4.79 Å². The highest BCUT2D eigenvalue weighted by atomic mass is 16.1. The number of rotatable bonds is 5. The molecular weight excluding hydrogens is 252 g/mol. The van der Waals surface area contributed by atoms with Crippen LogP contribution in [0.3, 0.4) is 0 Å². The summed E-state index contributed by atoms with van der Waals surface area (Å²) in [5.74, 6) is 0.461. The van der Waals surface area contributed by atoms with Crippen LogP contribution < -0.4 is 16.2 Å². The third-order valence-electron chi connectivity index (χ3n) is 3.09. The molecule has 0 saturated heterocycles. The first-order chi connectivity index (χ1) is 9.61. The predicted octanol–water partition coefficient (Wildman–Crippen LogP) is 1.87. The summed E-state index contributed by atoms with van der Waals surface area (Å²) >= 11 is 0. The van der Waals surface area contributed by atoms with Gasteiger partial charge in [0.1, 0.15) is 0 Å². The summed E-state index contributed by atoms with van der Waals surface area (Å²) in [5, 5.41) is 0. The zero-order valence-corrected chi connectivity index (χ0v) is 11.9. The maximum absolute atomic E-state index is 12.3. The number of hydrogen-bond donors (Lipinski definition) is 1. The largest absolute Gasteiger partial charge is 0.399 e. The lowest BCUT2D eigenvalue weighted by Crippen LogP contribution is -2.30. The van der Waals surface area contributed by atoms with E-state index in [1.807, 2.05) is 43.1 Å². The molecule has 20 heavy (non-hydrogen) atoms. The van der Waals surface area contributed by atoms with E-state index in [2.05, 4.69) is 4.98 Å². The third-order valence-corrected chi connectivity index (χ3v) is 3.09. The molecule has 0 amide bonds. The normalized spacial score (nSPS) is 10.5.